The van der Waals surface area contributed by atoms with Crippen molar-refractivity contribution in [2.45, 2.75) is 24.3 Å². The van der Waals surface area contributed by atoms with E-state index in [4.69, 9.17) is 0 Å². The molecule has 1 aromatic carbocycles. The van der Waals surface area contributed by atoms with E-state index in [0.29, 0.717) is 19.0 Å². The summed E-state index contributed by atoms with van der Waals surface area (Å²) in [4.78, 5) is 5.09. The van der Waals surface area contributed by atoms with Gasteiger partial charge in [-0.05, 0) is 18.4 Å². The van der Waals surface area contributed by atoms with Crippen molar-refractivity contribution in [3.8, 4) is 0 Å². The molecule has 1 aromatic rings. The first-order valence-electron chi connectivity index (χ1n) is 9.84. The maximum atomic E-state index is 13.1. The SMILES string of the molecule is O=S(=O)(NC1C2CN3CCN(C2)CC1(c1ccccc1)C3)N1CCCC1. The van der Waals surface area contributed by atoms with Crippen molar-refractivity contribution < 1.29 is 8.42 Å². The molecule has 3 unspecified atom stereocenters. The van der Waals surface area contributed by atoms with Crippen LogP contribution in [0.4, 0.5) is 0 Å². The minimum atomic E-state index is -3.42. The number of nitrogens with one attached hydrogen (secondary N) is 1. The molecule has 142 valence electrons. The molecule has 4 bridgehead atoms. The van der Waals surface area contributed by atoms with Gasteiger partial charge in [-0.25, -0.2) is 0 Å². The van der Waals surface area contributed by atoms with Gasteiger partial charge >= 0.3 is 0 Å². The first-order valence-corrected chi connectivity index (χ1v) is 11.3. The lowest BCUT2D eigenvalue weighted by Crippen LogP contribution is -2.71. The predicted molar refractivity (Wildman–Crippen MR) is 101 cm³/mol. The third kappa shape index (κ3) is 2.72. The summed E-state index contributed by atoms with van der Waals surface area (Å²) in [6.45, 7) is 7.38. The first kappa shape index (κ1) is 17.1. The molecular formula is C19H28N4O2S. The van der Waals surface area contributed by atoms with Crippen LogP contribution in [-0.2, 0) is 15.6 Å². The van der Waals surface area contributed by atoms with E-state index in [-0.39, 0.29) is 11.5 Å². The van der Waals surface area contributed by atoms with Gasteiger partial charge in [0.1, 0.15) is 0 Å². The molecule has 1 N–H and O–H groups in total. The Hall–Kier alpha value is -0.990. The van der Waals surface area contributed by atoms with Gasteiger partial charge in [-0.15, -0.1) is 0 Å². The molecule has 6 rings (SSSR count). The van der Waals surface area contributed by atoms with Gasteiger partial charge in [0.15, 0.2) is 0 Å². The van der Waals surface area contributed by atoms with Crippen molar-refractivity contribution in [2.24, 2.45) is 5.92 Å². The van der Waals surface area contributed by atoms with Gasteiger partial charge in [0.2, 0.25) is 0 Å². The second-order valence-corrected chi connectivity index (χ2v) is 10.2. The second-order valence-electron chi connectivity index (χ2n) is 8.46. The molecular weight excluding hydrogens is 348 g/mol. The highest BCUT2D eigenvalue weighted by molar-refractivity contribution is 7.87. The van der Waals surface area contributed by atoms with E-state index in [0.717, 1.165) is 52.1 Å². The molecule has 0 saturated carbocycles. The smallest absolute Gasteiger partial charge is 0.279 e. The predicted octanol–water partition coefficient (Wildman–Crippen LogP) is 0.484. The highest BCUT2D eigenvalue weighted by Gasteiger charge is 2.56. The Balaban J connectivity index is 1.54. The van der Waals surface area contributed by atoms with Gasteiger partial charge in [0, 0.05) is 69.7 Å². The van der Waals surface area contributed by atoms with E-state index >= 15 is 0 Å². The average molecular weight is 377 g/mol. The average Bonchev–Trinajstić information content (AvgIpc) is 3.07. The Morgan fingerprint density at radius 3 is 2.15 bits per heavy atom. The van der Waals surface area contributed by atoms with E-state index in [1.165, 1.54) is 5.56 Å². The third-order valence-corrected chi connectivity index (χ3v) is 8.42. The number of fused-ring (bicyclic) bond motifs is 1. The number of benzene rings is 1. The molecule has 0 aromatic heterocycles. The highest BCUT2D eigenvalue weighted by atomic mass is 32.2. The van der Waals surface area contributed by atoms with E-state index in [2.05, 4.69) is 38.8 Å². The number of nitrogens with zero attached hydrogens (tertiary/aromatic N) is 3. The van der Waals surface area contributed by atoms with Crippen molar-refractivity contribution >= 4 is 10.2 Å². The molecule has 5 fully saturated rings. The lowest BCUT2D eigenvalue weighted by molar-refractivity contribution is 0.0275. The van der Waals surface area contributed by atoms with Crippen LogP contribution in [0.2, 0.25) is 0 Å². The minimum absolute atomic E-state index is 0.0268. The summed E-state index contributed by atoms with van der Waals surface area (Å²) in [6, 6.07) is 10.6. The lowest BCUT2D eigenvalue weighted by Gasteiger charge is -2.55. The maximum Gasteiger partial charge on any atom is 0.279 e. The van der Waals surface area contributed by atoms with Gasteiger partial charge in [0.25, 0.3) is 10.2 Å². The summed E-state index contributed by atoms with van der Waals surface area (Å²) in [5, 5.41) is 0. The number of piperidine rings is 2. The summed E-state index contributed by atoms with van der Waals surface area (Å²) in [5.41, 5.74) is 1.11. The van der Waals surface area contributed by atoms with Gasteiger partial charge in [-0.3, -0.25) is 0 Å². The highest BCUT2D eigenvalue weighted by Crippen LogP contribution is 2.43. The Morgan fingerprint density at radius 2 is 1.54 bits per heavy atom. The van der Waals surface area contributed by atoms with Crippen LogP contribution in [0.5, 0.6) is 0 Å². The second kappa shape index (κ2) is 6.27. The Bertz CT molecular complexity index is 747. The molecule has 0 spiro atoms. The lowest BCUT2D eigenvalue weighted by atomic mass is 9.65. The van der Waals surface area contributed by atoms with Gasteiger partial charge in [-0.1, -0.05) is 30.3 Å². The Kier molecular flexibility index (Phi) is 4.13. The maximum absolute atomic E-state index is 13.1. The zero-order valence-electron chi connectivity index (χ0n) is 15.2. The molecule has 0 amide bonds. The van der Waals surface area contributed by atoms with Crippen LogP contribution in [0.3, 0.4) is 0 Å². The zero-order valence-corrected chi connectivity index (χ0v) is 16.0. The first-order chi connectivity index (χ1) is 12.6. The van der Waals surface area contributed by atoms with Gasteiger partial charge in [-0.2, -0.15) is 17.4 Å². The summed E-state index contributed by atoms with van der Waals surface area (Å²) < 4.78 is 31.0. The van der Waals surface area contributed by atoms with Crippen molar-refractivity contribution in [2.75, 3.05) is 52.4 Å². The van der Waals surface area contributed by atoms with Gasteiger partial charge < -0.3 is 9.80 Å². The molecule has 0 aliphatic carbocycles. The van der Waals surface area contributed by atoms with Crippen LogP contribution < -0.4 is 4.72 Å². The number of rotatable bonds is 4. The summed E-state index contributed by atoms with van der Waals surface area (Å²) in [5.74, 6) is 0.345. The summed E-state index contributed by atoms with van der Waals surface area (Å²) >= 11 is 0. The molecule has 26 heavy (non-hydrogen) atoms. The standard InChI is InChI=1S/C19H28N4O2S/c24-26(25,23-8-4-5-9-23)20-18-16-12-21-10-11-22(13-16)15-19(18,14-21)17-6-2-1-3-7-17/h1-3,6-7,16,18,20H,4-5,8-15H2. The van der Waals surface area contributed by atoms with Crippen molar-refractivity contribution in [1.82, 2.24) is 18.8 Å². The van der Waals surface area contributed by atoms with Gasteiger partial charge in [0.05, 0.1) is 0 Å². The molecule has 5 heterocycles. The largest absolute Gasteiger partial charge is 0.301 e. The molecule has 7 heteroatoms. The normalized spacial score (nSPS) is 40.0. The molecule has 6 nitrogen and oxygen atoms in total. The molecule has 0 radical (unpaired) electrons. The van der Waals surface area contributed by atoms with Crippen LogP contribution in [-0.4, -0.2) is 80.9 Å². The number of hydrogen-bond donors (Lipinski definition) is 1. The zero-order chi connectivity index (χ0) is 17.8. The Labute approximate surface area is 156 Å². The van der Waals surface area contributed by atoms with E-state index in [9.17, 15) is 8.42 Å². The fourth-order valence-corrected chi connectivity index (χ4v) is 7.31. The fourth-order valence-electron chi connectivity index (χ4n) is 5.69. The van der Waals surface area contributed by atoms with E-state index in [1.807, 2.05) is 6.07 Å². The van der Waals surface area contributed by atoms with E-state index in [1.54, 1.807) is 4.31 Å². The van der Waals surface area contributed by atoms with Crippen LogP contribution in [0.25, 0.3) is 0 Å². The molecule has 3 atom stereocenters. The van der Waals surface area contributed by atoms with Crippen molar-refractivity contribution in [3.63, 3.8) is 0 Å². The Morgan fingerprint density at radius 1 is 0.923 bits per heavy atom. The minimum Gasteiger partial charge on any atom is -0.301 e. The summed E-state index contributed by atoms with van der Waals surface area (Å²) in [6.07, 6.45) is 1.95. The molecule has 5 saturated heterocycles. The van der Waals surface area contributed by atoms with Crippen LogP contribution in [0.1, 0.15) is 18.4 Å². The van der Waals surface area contributed by atoms with E-state index < -0.39 is 10.2 Å². The molecule has 5 aliphatic rings. The quantitative estimate of drug-likeness (QED) is 0.831. The van der Waals surface area contributed by atoms with Crippen molar-refractivity contribution in [3.05, 3.63) is 35.9 Å². The van der Waals surface area contributed by atoms with Crippen LogP contribution >= 0.6 is 0 Å². The monoisotopic (exact) mass is 376 g/mol. The fraction of sp³-hybridized carbons (Fsp3) is 0.684. The van der Waals surface area contributed by atoms with Crippen LogP contribution in [0, 0.1) is 5.92 Å². The number of hydrogen-bond acceptors (Lipinski definition) is 4. The van der Waals surface area contributed by atoms with Crippen molar-refractivity contribution in [1.29, 1.82) is 0 Å². The molecule has 5 aliphatic heterocycles. The summed E-state index contributed by atoms with van der Waals surface area (Å²) in [7, 11) is -3.42. The third-order valence-electron chi connectivity index (χ3n) is 6.83. The topological polar surface area (TPSA) is 55.9 Å². The van der Waals surface area contributed by atoms with Crippen LogP contribution in [0.15, 0.2) is 30.3 Å².